The van der Waals surface area contributed by atoms with Gasteiger partial charge in [0.05, 0.1) is 0 Å². The largest absolute Gasteiger partial charge is 1.00 e. The van der Waals surface area contributed by atoms with Crippen molar-refractivity contribution in [1.82, 2.24) is 0 Å². The molecule has 0 nitrogen and oxygen atoms in total. The zero-order chi connectivity index (χ0) is 6.73. The summed E-state index contributed by atoms with van der Waals surface area (Å²) in [6.45, 7) is 13.1. The molecule has 0 aromatic carbocycles. The van der Waals surface area contributed by atoms with Crippen molar-refractivity contribution in [3.8, 4) is 0 Å². The van der Waals surface area contributed by atoms with Crippen LogP contribution in [-0.2, 0) is 0 Å². The third kappa shape index (κ3) is 5.47. The SMILES string of the molecule is [CH2-]P(C(C)C)C(C)C.[Li+]. The summed E-state index contributed by atoms with van der Waals surface area (Å²) in [4.78, 5) is 0. The predicted octanol–water partition coefficient (Wildman–Crippen LogP) is 0.0807. The van der Waals surface area contributed by atoms with Crippen molar-refractivity contribution in [3.05, 3.63) is 6.66 Å². The first-order valence-electron chi connectivity index (χ1n) is 3.14. The van der Waals surface area contributed by atoms with Gasteiger partial charge in [-0.3, -0.25) is 7.92 Å². The fourth-order valence-electron chi connectivity index (χ4n) is 0.596. The molecule has 0 atom stereocenters. The first-order chi connectivity index (χ1) is 3.55. The minimum Gasteiger partial charge on any atom is -0.316 e. The van der Waals surface area contributed by atoms with Gasteiger partial charge in [0.25, 0.3) is 0 Å². The molecule has 0 heterocycles. The van der Waals surface area contributed by atoms with E-state index in [1.165, 1.54) is 0 Å². The van der Waals surface area contributed by atoms with Crippen LogP contribution in [0.1, 0.15) is 27.7 Å². The second kappa shape index (κ2) is 5.79. The first-order valence-corrected chi connectivity index (χ1v) is 4.81. The standard InChI is InChI=1S/C7H16P.Li/c1-6(2)8(5)7(3)4;/h6-7H,5H2,1-4H3;/q-1;+1. The van der Waals surface area contributed by atoms with E-state index in [2.05, 4.69) is 34.4 Å². The Morgan fingerprint density at radius 2 is 1.22 bits per heavy atom. The van der Waals surface area contributed by atoms with Crippen molar-refractivity contribution in [2.24, 2.45) is 0 Å². The average Bonchev–Trinajstić information content (AvgIpc) is 1.64. The second-order valence-corrected chi connectivity index (χ2v) is 5.80. The molecule has 0 amide bonds. The van der Waals surface area contributed by atoms with Crippen LogP contribution in [0.3, 0.4) is 0 Å². The fraction of sp³-hybridized carbons (Fsp3) is 0.857. The average molecular weight is 138 g/mol. The molecule has 0 aromatic heterocycles. The van der Waals surface area contributed by atoms with E-state index in [1.807, 2.05) is 0 Å². The molecule has 0 bridgehead atoms. The summed E-state index contributed by atoms with van der Waals surface area (Å²) in [7, 11) is 0.0514. The number of hydrogen-bond acceptors (Lipinski definition) is 0. The quantitative estimate of drug-likeness (QED) is 0.288. The molecular formula is C7H16LiP. The van der Waals surface area contributed by atoms with Crippen LogP contribution in [0.15, 0.2) is 0 Å². The normalized spacial score (nSPS) is 10.7. The van der Waals surface area contributed by atoms with Gasteiger partial charge in [0.15, 0.2) is 0 Å². The molecule has 0 saturated carbocycles. The van der Waals surface area contributed by atoms with E-state index in [4.69, 9.17) is 0 Å². The summed E-state index contributed by atoms with van der Waals surface area (Å²) in [6, 6.07) is 0. The summed E-state index contributed by atoms with van der Waals surface area (Å²) in [5.41, 5.74) is 1.59. The molecule has 0 unspecified atom stereocenters. The Labute approximate surface area is 72.7 Å². The molecule has 50 valence electrons. The minimum absolute atomic E-state index is 0. The molecule has 0 N–H and O–H groups in total. The third-order valence-electron chi connectivity index (χ3n) is 1.33. The number of hydrogen-bond donors (Lipinski definition) is 0. The zero-order valence-electron chi connectivity index (χ0n) is 7.31. The number of rotatable bonds is 2. The van der Waals surface area contributed by atoms with Crippen LogP contribution < -0.4 is 18.9 Å². The van der Waals surface area contributed by atoms with Crippen molar-refractivity contribution in [2.45, 2.75) is 39.0 Å². The molecule has 0 aliphatic heterocycles. The Morgan fingerprint density at radius 1 is 1.00 bits per heavy atom. The van der Waals surface area contributed by atoms with Crippen molar-refractivity contribution < 1.29 is 18.9 Å². The van der Waals surface area contributed by atoms with E-state index in [0.29, 0.717) is 0 Å². The zero-order valence-corrected chi connectivity index (χ0v) is 8.20. The Balaban J connectivity index is 0. The summed E-state index contributed by atoms with van der Waals surface area (Å²) in [5, 5.41) is 0. The Bertz CT molecular complexity index is 53.9. The van der Waals surface area contributed by atoms with E-state index in [9.17, 15) is 0 Å². The van der Waals surface area contributed by atoms with Crippen LogP contribution in [0.25, 0.3) is 0 Å². The van der Waals surface area contributed by atoms with Crippen molar-refractivity contribution in [2.75, 3.05) is 0 Å². The van der Waals surface area contributed by atoms with Crippen LogP contribution in [0, 0.1) is 6.66 Å². The van der Waals surface area contributed by atoms with Gasteiger partial charge in [-0.15, -0.1) is 0 Å². The fourth-order valence-corrected chi connectivity index (χ4v) is 1.79. The van der Waals surface area contributed by atoms with E-state index in [0.717, 1.165) is 11.3 Å². The van der Waals surface area contributed by atoms with Gasteiger partial charge in [-0.2, -0.15) is 0 Å². The van der Waals surface area contributed by atoms with Crippen molar-refractivity contribution in [1.29, 1.82) is 0 Å². The van der Waals surface area contributed by atoms with Crippen LogP contribution >= 0.6 is 7.92 Å². The second-order valence-electron chi connectivity index (χ2n) is 2.70. The molecule has 0 aromatic rings. The Hall–Kier alpha value is 1.03. The maximum absolute atomic E-state index is 4.10. The molecule has 0 aliphatic carbocycles. The van der Waals surface area contributed by atoms with Crippen LogP contribution in [0.5, 0.6) is 0 Å². The first kappa shape index (κ1) is 12.7. The molecule has 0 radical (unpaired) electrons. The molecule has 0 rings (SSSR count). The van der Waals surface area contributed by atoms with E-state index in [-0.39, 0.29) is 26.8 Å². The van der Waals surface area contributed by atoms with Crippen LogP contribution in [0.2, 0.25) is 0 Å². The summed E-state index contributed by atoms with van der Waals surface area (Å²) >= 11 is 0. The maximum Gasteiger partial charge on any atom is 1.00 e. The van der Waals surface area contributed by atoms with E-state index < -0.39 is 0 Å². The molecule has 9 heavy (non-hydrogen) atoms. The van der Waals surface area contributed by atoms with Gasteiger partial charge in [0.1, 0.15) is 0 Å². The summed E-state index contributed by atoms with van der Waals surface area (Å²) in [6.07, 6.45) is 0. The molecule has 0 fully saturated rings. The van der Waals surface area contributed by atoms with Crippen molar-refractivity contribution in [3.63, 3.8) is 0 Å². The smallest absolute Gasteiger partial charge is 0.316 e. The molecule has 0 saturated heterocycles. The molecule has 2 heteroatoms. The summed E-state index contributed by atoms with van der Waals surface area (Å²) < 4.78 is 0. The topological polar surface area (TPSA) is 0 Å². The van der Waals surface area contributed by atoms with Crippen LogP contribution in [-0.4, -0.2) is 11.3 Å². The van der Waals surface area contributed by atoms with Gasteiger partial charge < -0.3 is 6.66 Å². The van der Waals surface area contributed by atoms with Gasteiger partial charge in [-0.05, 0) is 0 Å². The molecule has 0 spiro atoms. The van der Waals surface area contributed by atoms with Gasteiger partial charge in [0.2, 0.25) is 0 Å². The van der Waals surface area contributed by atoms with E-state index in [1.54, 1.807) is 0 Å². The van der Waals surface area contributed by atoms with E-state index >= 15 is 0 Å². The summed E-state index contributed by atoms with van der Waals surface area (Å²) in [5.74, 6) is 0. The van der Waals surface area contributed by atoms with Gasteiger partial charge in [-0.25, -0.2) is 0 Å². The third-order valence-corrected chi connectivity index (χ3v) is 3.98. The van der Waals surface area contributed by atoms with Gasteiger partial charge in [-0.1, -0.05) is 39.0 Å². The predicted molar refractivity (Wildman–Crippen MR) is 42.5 cm³/mol. The monoisotopic (exact) mass is 138 g/mol. The van der Waals surface area contributed by atoms with Crippen LogP contribution in [0.4, 0.5) is 0 Å². The van der Waals surface area contributed by atoms with Crippen molar-refractivity contribution >= 4 is 7.92 Å². The Kier molecular flexibility index (Phi) is 8.15. The minimum atomic E-state index is 0. The van der Waals surface area contributed by atoms with Gasteiger partial charge in [0, 0.05) is 0 Å². The van der Waals surface area contributed by atoms with Gasteiger partial charge >= 0.3 is 18.9 Å². The Morgan fingerprint density at radius 3 is 1.22 bits per heavy atom. The maximum atomic E-state index is 4.10. The molecule has 0 aliphatic rings. The molecular weight excluding hydrogens is 122 g/mol.